The molecule has 0 spiro atoms. The zero-order valence-corrected chi connectivity index (χ0v) is 14.8. The Labute approximate surface area is 125 Å². The Morgan fingerprint density at radius 1 is 1.17 bits per heavy atom. The summed E-state index contributed by atoms with van der Waals surface area (Å²) in [5.74, 6) is 1.02. The van der Waals surface area contributed by atoms with Gasteiger partial charge in [0.1, 0.15) is 12.3 Å². The zero-order valence-electron chi connectivity index (χ0n) is 12.6. The van der Waals surface area contributed by atoms with Crippen molar-refractivity contribution in [3.8, 4) is 5.75 Å². The highest BCUT2D eigenvalue weighted by molar-refractivity contribution is 14.1. The van der Waals surface area contributed by atoms with E-state index in [1.165, 1.54) is 14.7 Å². The predicted octanol–water partition coefficient (Wildman–Crippen LogP) is 3.80. The van der Waals surface area contributed by atoms with Crippen molar-refractivity contribution in [2.75, 3.05) is 28.3 Å². The van der Waals surface area contributed by atoms with Gasteiger partial charge in [-0.05, 0) is 45.7 Å². The van der Waals surface area contributed by atoms with Gasteiger partial charge in [0.15, 0.2) is 0 Å². The van der Waals surface area contributed by atoms with E-state index in [1.54, 1.807) is 7.11 Å². The van der Waals surface area contributed by atoms with Crippen LogP contribution in [-0.2, 0) is 12.0 Å². The highest BCUT2D eigenvalue weighted by Gasteiger charge is 2.21. The second-order valence-electron chi connectivity index (χ2n) is 6.85. The largest absolute Gasteiger partial charge is 0.495 e. The van der Waals surface area contributed by atoms with E-state index in [0.717, 1.165) is 16.8 Å². The van der Waals surface area contributed by atoms with Crippen molar-refractivity contribution in [1.29, 1.82) is 0 Å². The number of quaternary nitrogens is 1. The number of hydrogen-bond acceptors (Lipinski definition) is 1. The number of rotatable bonds is 3. The summed E-state index contributed by atoms with van der Waals surface area (Å²) < 4.78 is 7.67. The van der Waals surface area contributed by atoms with Crippen molar-refractivity contribution in [2.45, 2.75) is 32.7 Å². The molecule has 0 bridgehead atoms. The summed E-state index contributed by atoms with van der Waals surface area (Å²) in [6, 6.07) is 4.53. The van der Waals surface area contributed by atoms with Crippen molar-refractivity contribution in [1.82, 2.24) is 0 Å². The van der Waals surface area contributed by atoms with Gasteiger partial charge in [-0.1, -0.05) is 20.8 Å². The van der Waals surface area contributed by atoms with Crippen molar-refractivity contribution < 1.29 is 9.22 Å². The molecular formula is C15H25INO+. The van der Waals surface area contributed by atoms with Crippen molar-refractivity contribution in [2.24, 2.45) is 0 Å². The normalized spacial score (nSPS) is 12.7. The molecule has 1 aromatic carbocycles. The number of halogens is 1. The fraction of sp³-hybridized carbons (Fsp3) is 0.600. The summed E-state index contributed by atoms with van der Waals surface area (Å²) in [6.45, 7) is 7.73. The summed E-state index contributed by atoms with van der Waals surface area (Å²) in [4.78, 5) is 0. The van der Waals surface area contributed by atoms with Gasteiger partial charge in [0.2, 0.25) is 0 Å². The van der Waals surface area contributed by atoms with Crippen LogP contribution in [0.4, 0.5) is 0 Å². The van der Waals surface area contributed by atoms with Gasteiger partial charge in [-0.2, -0.15) is 0 Å². The lowest BCUT2D eigenvalue weighted by molar-refractivity contribution is -0.884. The van der Waals surface area contributed by atoms with Gasteiger partial charge in [-0.25, -0.2) is 0 Å². The van der Waals surface area contributed by atoms with E-state index >= 15 is 0 Å². The van der Waals surface area contributed by atoms with Crippen LogP contribution < -0.4 is 4.74 Å². The second kappa shape index (κ2) is 5.37. The molecule has 0 saturated heterocycles. The van der Waals surface area contributed by atoms with Crippen LogP contribution >= 0.6 is 22.6 Å². The van der Waals surface area contributed by atoms with Gasteiger partial charge >= 0.3 is 0 Å². The lowest BCUT2D eigenvalue weighted by Gasteiger charge is -2.27. The molecule has 18 heavy (non-hydrogen) atoms. The Balaban J connectivity index is 3.33. The molecule has 0 aliphatic carbocycles. The summed E-state index contributed by atoms with van der Waals surface area (Å²) in [5, 5.41) is 0. The lowest BCUT2D eigenvalue weighted by Crippen LogP contribution is -2.33. The topological polar surface area (TPSA) is 9.23 Å². The lowest BCUT2D eigenvalue weighted by atomic mass is 9.86. The van der Waals surface area contributed by atoms with Crippen LogP contribution in [0.1, 0.15) is 31.9 Å². The molecule has 0 atom stereocenters. The van der Waals surface area contributed by atoms with E-state index in [0.29, 0.717) is 0 Å². The third kappa shape index (κ3) is 4.12. The molecule has 1 rings (SSSR count). The molecule has 0 aromatic heterocycles. The van der Waals surface area contributed by atoms with Gasteiger partial charge in [0, 0.05) is 5.56 Å². The molecule has 0 heterocycles. The quantitative estimate of drug-likeness (QED) is 0.587. The number of ether oxygens (including phenoxy) is 1. The molecule has 0 amide bonds. The fourth-order valence-corrected chi connectivity index (χ4v) is 2.84. The van der Waals surface area contributed by atoms with Gasteiger partial charge in [-0.15, -0.1) is 0 Å². The van der Waals surface area contributed by atoms with Crippen LogP contribution in [0.25, 0.3) is 0 Å². The summed E-state index contributed by atoms with van der Waals surface area (Å²) in [5.41, 5.74) is 2.84. The zero-order chi connectivity index (χ0) is 14.1. The minimum Gasteiger partial charge on any atom is -0.495 e. The highest BCUT2D eigenvalue weighted by atomic mass is 127. The third-order valence-corrected chi connectivity index (χ3v) is 3.64. The predicted molar refractivity (Wildman–Crippen MR) is 86.1 cm³/mol. The molecule has 0 aliphatic heterocycles. The first kappa shape index (κ1) is 15.8. The molecule has 0 saturated carbocycles. The van der Waals surface area contributed by atoms with E-state index in [4.69, 9.17) is 4.74 Å². The Hall–Kier alpha value is -0.290. The third-order valence-electron chi connectivity index (χ3n) is 2.84. The molecule has 0 radical (unpaired) electrons. The van der Waals surface area contributed by atoms with E-state index in [2.05, 4.69) is 76.6 Å². The SMILES string of the molecule is COc1c(I)cc(C(C)(C)C)cc1C[N+](C)(C)C. The van der Waals surface area contributed by atoms with Crippen LogP contribution in [0, 0.1) is 3.57 Å². The molecule has 0 fully saturated rings. The van der Waals surface area contributed by atoms with Gasteiger partial charge in [0.05, 0.1) is 31.8 Å². The van der Waals surface area contributed by atoms with Crippen molar-refractivity contribution in [3.63, 3.8) is 0 Å². The van der Waals surface area contributed by atoms with E-state index < -0.39 is 0 Å². The number of hydrogen-bond donors (Lipinski definition) is 0. The molecule has 2 nitrogen and oxygen atoms in total. The fourth-order valence-electron chi connectivity index (χ4n) is 1.94. The molecule has 0 unspecified atom stereocenters. The summed E-state index contributed by atoms with van der Waals surface area (Å²) >= 11 is 2.37. The van der Waals surface area contributed by atoms with Crippen LogP contribution in [0.3, 0.4) is 0 Å². The van der Waals surface area contributed by atoms with Crippen LogP contribution in [0.15, 0.2) is 12.1 Å². The maximum Gasteiger partial charge on any atom is 0.141 e. The highest BCUT2D eigenvalue weighted by Crippen LogP contribution is 2.33. The van der Waals surface area contributed by atoms with Crippen LogP contribution in [0.2, 0.25) is 0 Å². The second-order valence-corrected chi connectivity index (χ2v) is 8.01. The van der Waals surface area contributed by atoms with Gasteiger partial charge in [-0.3, -0.25) is 0 Å². The Morgan fingerprint density at radius 2 is 1.72 bits per heavy atom. The minimum absolute atomic E-state index is 0.172. The number of benzene rings is 1. The minimum atomic E-state index is 0.172. The van der Waals surface area contributed by atoms with E-state index in [1.807, 2.05) is 0 Å². The van der Waals surface area contributed by atoms with E-state index in [9.17, 15) is 0 Å². The number of methoxy groups -OCH3 is 1. The Kier molecular flexibility index (Phi) is 4.70. The smallest absolute Gasteiger partial charge is 0.141 e. The maximum absolute atomic E-state index is 5.57. The van der Waals surface area contributed by atoms with Crippen molar-refractivity contribution in [3.05, 3.63) is 26.8 Å². The first-order valence-electron chi connectivity index (χ1n) is 6.22. The summed E-state index contributed by atoms with van der Waals surface area (Å²) in [6.07, 6.45) is 0. The van der Waals surface area contributed by atoms with E-state index in [-0.39, 0.29) is 5.41 Å². The first-order chi connectivity index (χ1) is 8.04. The maximum atomic E-state index is 5.57. The molecular weight excluding hydrogens is 337 g/mol. The average Bonchev–Trinajstić information content (AvgIpc) is 2.13. The molecule has 0 N–H and O–H groups in total. The standard InChI is InChI=1S/C15H25INO/c1-15(2,3)12-8-11(10-17(4,5)6)14(18-7)13(16)9-12/h8-9H,10H2,1-7H3/q+1. The number of nitrogens with zero attached hydrogens (tertiary/aromatic N) is 1. The van der Waals surface area contributed by atoms with Crippen LogP contribution in [0.5, 0.6) is 5.75 Å². The Morgan fingerprint density at radius 3 is 2.11 bits per heavy atom. The average molecular weight is 362 g/mol. The monoisotopic (exact) mass is 362 g/mol. The Bertz CT molecular complexity index is 427. The molecule has 1 aromatic rings. The first-order valence-corrected chi connectivity index (χ1v) is 7.30. The van der Waals surface area contributed by atoms with Gasteiger partial charge in [0.25, 0.3) is 0 Å². The van der Waals surface area contributed by atoms with Crippen LogP contribution in [-0.4, -0.2) is 32.7 Å². The van der Waals surface area contributed by atoms with Crippen molar-refractivity contribution >= 4 is 22.6 Å². The van der Waals surface area contributed by atoms with Gasteiger partial charge < -0.3 is 9.22 Å². The molecule has 0 aliphatic rings. The molecule has 102 valence electrons. The molecule has 3 heteroatoms. The summed E-state index contributed by atoms with van der Waals surface area (Å²) in [7, 11) is 8.37.